The highest BCUT2D eigenvalue weighted by Crippen LogP contribution is 2.24. The second-order valence-corrected chi connectivity index (χ2v) is 4.19. The highest BCUT2D eigenvalue weighted by molar-refractivity contribution is 6.32. The van der Waals surface area contributed by atoms with Crippen molar-refractivity contribution < 1.29 is 14.6 Å². The number of rotatable bonds is 5. The molecule has 2 atom stereocenters. The number of nitrogens with one attached hydrogen (secondary N) is 1. The first-order valence-corrected chi connectivity index (χ1v) is 5.74. The third kappa shape index (κ3) is 4.24. The van der Waals surface area contributed by atoms with E-state index in [2.05, 4.69) is 5.32 Å². The minimum atomic E-state index is -0.663. The molecule has 0 spiro atoms. The van der Waals surface area contributed by atoms with Crippen LogP contribution in [0.4, 0.5) is 0 Å². The largest absolute Gasteiger partial charge is 0.479 e. The van der Waals surface area contributed by atoms with Crippen LogP contribution in [-0.2, 0) is 4.79 Å². The van der Waals surface area contributed by atoms with E-state index in [-0.39, 0.29) is 18.6 Å². The van der Waals surface area contributed by atoms with Gasteiger partial charge in [-0.15, -0.1) is 0 Å². The van der Waals surface area contributed by atoms with Crippen molar-refractivity contribution in [2.24, 2.45) is 0 Å². The average molecular weight is 258 g/mol. The molecule has 0 aliphatic heterocycles. The Morgan fingerprint density at radius 3 is 2.71 bits per heavy atom. The molecule has 0 aromatic heterocycles. The maximum absolute atomic E-state index is 11.6. The summed E-state index contributed by atoms with van der Waals surface area (Å²) in [6.45, 7) is 3.23. The standard InChI is InChI=1S/C12H16ClNO3/c1-8(7-15)14-12(16)9(2)17-11-6-4-3-5-10(11)13/h3-6,8-9,15H,7H2,1-2H3,(H,14,16)/t8-,9?/m0/s1. The summed E-state index contributed by atoms with van der Waals surface area (Å²) < 4.78 is 5.43. The highest BCUT2D eigenvalue weighted by atomic mass is 35.5. The second-order valence-electron chi connectivity index (χ2n) is 3.78. The van der Waals surface area contributed by atoms with Gasteiger partial charge in [-0.3, -0.25) is 4.79 Å². The van der Waals surface area contributed by atoms with Crippen molar-refractivity contribution in [2.45, 2.75) is 26.0 Å². The number of hydrogen-bond acceptors (Lipinski definition) is 3. The smallest absolute Gasteiger partial charge is 0.261 e. The maximum Gasteiger partial charge on any atom is 0.261 e. The monoisotopic (exact) mass is 257 g/mol. The van der Waals surface area contributed by atoms with E-state index in [9.17, 15) is 4.79 Å². The molecule has 0 aliphatic carbocycles. The number of aliphatic hydroxyl groups is 1. The zero-order chi connectivity index (χ0) is 12.8. The van der Waals surface area contributed by atoms with E-state index in [0.29, 0.717) is 10.8 Å². The van der Waals surface area contributed by atoms with Gasteiger partial charge in [0.1, 0.15) is 5.75 Å². The van der Waals surface area contributed by atoms with Gasteiger partial charge in [0.2, 0.25) is 0 Å². The predicted octanol–water partition coefficient (Wildman–Crippen LogP) is 1.60. The summed E-state index contributed by atoms with van der Waals surface area (Å²) in [6.07, 6.45) is -0.663. The van der Waals surface area contributed by atoms with E-state index in [1.54, 1.807) is 38.1 Å². The summed E-state index contributed by atoms with van der Waals surface area (Å²) >= 11 is 5.91. The van der Waals surface area contributed by atoms with Gasteiger partial charge in [0.05, 0.1) is 11.6 Å². The first kappa shape index (κ1) is 13.8. The van der Waals surface area contributed by atoms with Crippen LogP contribution in [0.15, 0.2) is 24.3 Å². The summed E-state index contributed by atoms with van der Waals surface area (Å²) in [5.74, 6) is 0.180. The number of halogens is 1. The molecule has 17 heavy (non-hydrogen) atoms. The Balaban J connectivity index is 2.57. The Bertz CT molecular complexity index is 384. The molecule has 0 saturated carbocycles. The lowest BCUT2D eigenvalue weighted by Gasteiger charge is -2.17. The third-order valence-corrected chi connectivity index (χ3v) is 2.48. The molecule has 1 amide bonds. The Kier molecular flexibility index (Phi) is 5.25. The molecular formula is C12H16ClNO3. The number of carbonyl (C=O) groups excluding carboxylic acids is 1. The minimum Gasteiger partial charge on any atom is -0.479 e. The van der Waals surface area contributed by atoms with Gasteiger partial charge in [-0.2, -0.15) is 0 Å². The number of para-hydroxylation sites is 1. The Hall–Kier alpha value is -1.26. The van der Waals surface area contributed by atoms with E-state index in [1.165, 1.54) is 0 Å². The van der Waals surface area contributed by atoms with Crippen molar-refractivity contribution in [3.63, 3.8) is 0 Å². The number of benzene rings is 1. The van der Waals surface area contributed by atoms with Crippen LogP contribution >= 0.6 is 11.6 Å². The molecule has 1 unspecified atom stereocenters. The molecule has 94 valence electrons. The lowest BCUT2D eigenvalue weighted by atomic mass is 10.3. The van der Waals surface area contributed by atoms with E-state index >= 15 is 0 Å². The summed E-state index contributed by atoms with van der Waals surface area (Å²) in [5.41, 5.74) is 0. The van der Waals surface area contributed by atoms with E-state index in [1.807, 2.05) is 0 Å². The fourth-order valence-corrected chi connectivity index (χ4v) is 1.37. The van der Waals surface area contributed by atoms with Crippen LogP contribution in [0.2, 0.25) is 5.02 Å². The molecule has 5 heteroatoms. The van der Waals surface area contributed by atoms with Gasteiger partial charge in [-0.1, -0.05) is 23.7 Å². The molecule has 1 aromatic rings. The zero-order valence-corrected chi connectivity index (χ0v) is 10.6. The molecular weight excluding hydrogens is 242 g/mol. The SMILES string of the molecule is CC(Oc1ccccc1Cl)C(=O)N[C@@H](C)CO. The van der Waals surface area contributed by atoms with Crippen molar-refractivity contribution >= 4 is 17.5 Å². The number of aliphatic hydroxyl groups excluding tert-OH is 1. The van der Waals surface area contributed by atoms with Gasteiger partial charge in [0.15, 0.2) is 6.10 Å². The molecule has 0 fully saturated rings. The van der Waals surface area contributed by atoms with Crippen molar-refractivity contribution in [1.82, 2.24) is 5.32 Å². The molecule has 0 aliphatic rings. The van der Waals surface area contributed by atoms with Gasteiger partial charge < -0.3 is 15.2 Å². The highest BCUT2D eigenvalue weighted by Gasteiger charge is 2.17. The molecule has 0 saturated heterocycles. The van der Waals surface area contributed by atoms with Crippen molar-refractivity contribution in [3.8, 4) is 5.75 Å². The van der Waals surface area contributed by atoms with Crippen LogP contribution < -0.4 is 10.1 Å². The van der Waals surface area contributed by atoms with Crippen LogP contribution in [-0.4, -0.2) is 29.8 Å². The van der Waals surface area contributed by atoms with Crippen LogP contribution in [0, 0.1) is 0 Å². The van der Waals surface area contributed by atoms with Crippen LogP contribution in [0.1, 0.15) is 13.8 Å². The lowest BCUT2D eigenvalue weighted by molar-refractivity contribution is -0.128. The van der Waals surface area contributed by atoms with E-state index in [4.69, 9.17) is 21.4 Å². The quantitative estimate of drug-likeness (QED) is 0.843. The molecule has 0 radical (unpaired) electrons. The third-order valence-electron chi connectivity index (χ3n) is 2.17. The van der Waals surface area contributed by atoms with Gasteiger partial charge >= 0.3 is 0 Å². The van der Waals surface area contributed by atoms with Crippen molar-refractivity contribution in [2.75, 3.05) is 6.61 Å². The van der Waals surface area contributed by atoms with Gasteiger partial charge in [0, 0.05) is 6.04 Å². The molecule has 1 rings (SSSR count). The van der Waals surface area contributed by atoms with Gasteiger partial charge in [-0.05, 0) is 26.0 Å². The molecule has 4 nitrogen and oxygen atoms in total. The summed E-state index contributed by atoms with van der Waals surface area (Å²) in [5, 5.41) is 11.9. The number of hydrogen-bond donors (Lipinski definition) is 2. The summed E-state index contributed by atoms with van der Waals surface area (Å²) in [4.78, 5) is 11.6. The normalized spacial score (nSPS) is 13.9. The zero-order valence-electron chi connectivity index (χ0n) is 9.81. The van der Waals surface area contributed by atoms with Crippen molar-refractivity contribution in [3.05, 3.63) is 29.3 Å². The fraction of sp³-hybridized carbons (Fsp3) is 0.417. The number of amides is 1. The Morgan fingerprint density at radius 1 is 1.47 bits per heavy atom. The first-order valence-electron chi connectivity index (χ1n) is 5.37. The Labute approximate surface area is 106 Å². The van der Waals surface area contributed by atoms with Gasteiger partial charge in [-0.25, -0.2) is 0 Å². The van der Waals surface area contributed by atoms with Gasteiger partial charge in [0.25, 0.3) is 5.91 Å². The molecule has 1 aromatic carbocycles. The Morgan fingerprint density at radius 2 is 2.12 bits per heavy atom. The lowest BCUT2D eigenvalue weighted by Crippen LogP contribution is -2.42. The van der Waals surface area contributed by atoms with E-state index < -0.39 is 6.10 Å². The molecule has 0 heterocycles. The fourth-order valence-electron chi connectivity index (χ4n) is 1.19. The van der Waals surface area contributed by atoms with Crippen LogP contribution in [0.25, 0.3) is 0 Å². The summed E-state index contributed by atoms with van der Waals surface area (Å²) in [6, 6.07) is 6.66. The molecule has 0 bridgehead atoms. The van der Waals surface area contributed by atoms with E-state index in [0.717, 1.165) is 0 Å². The maximum atomic E-state index is 11.6. The number of carbonyl (C=O) groups is 1. The van der Waals surface area contributed by atoms with Crippen molar-refractivity contribution in [1.29, 1.82) is 0 Å². The van der Waals surface area contributed by atoms with Crippen LogP contribution in [0.3, 0.4) is 0 Å². The summed E-state index contributed by atoms with van der Waals surface area (Å²) in [7, 11) is 0. The number of ether oxygens (including phenoxy) is 1. The average Bonchev–Trinajstić information content (AvgIpc) is 2.31. The topological polar surface area (TPSA) is 58.6 Å². The van der Waals surface area contributed by atoms with Crippen LogP contribution in [0.5, 0.6) is 5.75 Å². The molecule has 2 N–H and O–H groups in total. The predicted molar refractivity (Wildman–Crippen MR) is 66.2 cm³/mol. The minimum absolute atomic E-state index is 0.107. The second kappa shape index (κ2) is 6.47. The first-order chi connectivity index (χ1) is 8.04.